The third-order valence-corrected chi connectivity index (χ3v) is 4.60. The van der Waals surface area contributed by atoms with Gasteiger partial charge in [0.15, 0.2) is 0 Å². The number of amides is 4. The Morgan fingerprint density at radius 2 is 1.88 bits per heavy atom. The number of aliphatic carboxylic acids is 1. The minimum absolute atomic E-state index is 0.0913. The van der Waals surface area contributed by atoms with Crippen molar-refractivity contribution < 1.29 is 24.3 Å². The molecule has 4 amide bonds. The Morgan fingerprint density at radius 3 is 2.42 bits per heavy atom. The molecule has 3 N–H and O–H groups in total. The lowest BCUT2D eigenvalue weighted by molar-refractivity contribution is -0.142. The van der Waals surface area contributed by atoms with Gasteiger partial charge in [0.05, 0.1) is 0 Å². The summed E-state index contributed by atoms with van der Waals surface area (Å²) >= 11 is 0. The normalized spacial score (nSPS) is 21.0. The second kappa shape index (κ2) is 7.19. The van der Waals surface area contributed by atoms with Gasteiger partial charge in [-0.2, -0.15) is 0 Å². The molecule has 134 valence electrons. The zero-order chi connectivity index (χ0) is 17.9. The van der Waals surface area contributed by atoms with Crippen LogP contribution >= 0.6 is 0 Å². The van der Waals surface area contributed by atoms with E-state index in [1.54, 1.807) is 0 Å². The van der Waals surface area contributed by atoms with Crippen molar-refractivity contribution in [3.8, 4) is 0 Å². The number of hydrogen-bond acceptors (Lipinski definition) is 4. The summed E-state index contributed by atoms with van der Waals surface area (Å²) in [6.45, 7) is 3.26. The second-order valence-corrected chi connectivity index (χ2v) is 7.05. The van der Waals surface area contributed by atoms with E-state index in [0.717, 1.165) is 24.2 Å². The summed E-state index contributed by atoms with van der Waals surface area (Å²) < 4.78 is 0. The highest BCUT2D eigenvalue weighted by molar-refractivity contribution is 6.09. The van der Waals surface area contributed by atoms with Crippen molar-refractivity contribution in [1.29, 1.82) is 0 Å². The van der Waals surface area contributed by atoms with E-state index in [-0.39, 0.29) is 18.2 Å². The highest BCUT2D eigenvalue weighted by Gasteiger charge is 2.51. The van der Waals surface area contributed by atoms with Crippen LogP contribution in [-0.2, 0) is 14.4 Å². The third-order valence-electron chi connectivity index (χ3n) is 4.60. The Morgan fingerprint density at radius 1 is 1.25 bits per heavy atom. The summed E-state index contributed by atoms with van der Waals surface area (Å²) in [4.78, 5) is 48.9. The van der Waals surface area contributed by atoms with Gasteiger partial charge in [0.2, 0.25) is 5.91 Å². The van der Waals surface area contributed by atoms with Gasteiger partial charge in [-0.1, -0.05) is 33.1 Å². The van der Waals surface area contributed by atoms with E-state index < -0.39 is 36.0 Å². The van der Waals surface area contributed by atoms with Gasteiger partial charge in [-0.05, 0) is 25.2 Å². The van der Waals surface area contributed by atoms with Gasteiger partial charge in [0.25, 0.3) is 5.91 Å². The van der Waals surface area contributed by atoms with Gasteiger partial charge in [-0.15, -0.1) is 0 Å². The van der Waals surface area contributed by atoms with Crippen LogP contribution in [0.15, 0.2) is 0 Å². The number of carbonyl (C=O) groups is 4. The van der Waals surface area contributed by atoms with Crippen LogP contribution < -0.4 is 10.6 Å². The number of nitrogens with one attached hydrogen (secondary N) is 2. The van der Waals surface area contributed by atoms with Crippen molar-refractivity contribution in [3.05, 3.63) is 0 Å². The molecule has 1 atom stereocenters. The summed E-state index contributed by atoms with van der Waals surface area (Å²) in [7, 11) is 0. The highest BCUT2D eigenvalue weighted by atomic mass is 16.4. The number of carbonyl (C=O) groups excluding carboxylic acids is 3. The standard InChI is InChI=1S/C16H25N3O5/c1-10(2)8-11(13(21)22)17-12(20)9-19-14(23)16(18-15(19)24)6-4-3-5-7-16/h10-11H,3-9H2,1-2H3,(H,17,20)(H,18,24)(H,21,22)/t11-/m0/s1. The number of nitrogens with zero attached hydrogens (tertiary/aromatic N) is 1. The largest absolute Gasteiger partial charge is 0.480 e. The SMILES string of the molecule is CC(C)C[C@H](NC(=O)CN1C(=O)NC2(CCCCC2)C1=O)C(=O)O. The second-order valence-electron chi connectivity index (χ2n) is 7.05. The number of urea groups is 1. The summed E-state index contributed by atoms with van der Waals surface area (Å²) in [5.74, 6) is -2.05. The molecular formula is C16H25N3O5. The van der Waals surface area contributed by atoms with Crippen LogP contribution in [0.4, 0.5) is 4.79 Å². The number of hydrogen-bond donors (Lipinski definition) is 3. The number of carboxylic acids is 1. The fraction of sp³-hybridized carbons (Fsp3) is 0.750. The molecule has 1 saturated carbocycles. The predicted octanol–water partition coefficient (Wildman–Crippen LogP) is 0.857. The number of carboxylic acid groups (broad SMARTS) is 1. The van der Waals surface area contributed by atoms with Crippen LogP contribution in [0, 0.1) is 5.92 Å². The maximum absolute atomic E-state index is 12.6. The van der Waals surface area contributed by atoms with E-state index in [4.69, 9.17) is 5.11 Å². The highest BCUT2D eigenvalue weighted by Crippen LogP contribution is 2.33. The van der Waals surface area contributed by atoms with Gasteiger partial charge in [-0.25, -0.2) is 9.59 Å². The van der Waals surface area contributed by atoms with E-state index in [9.17, 15) is 19.2 Å². The Kier molecular flexibility index (Phi) is 5.46. The molecule has 1 spiro atoms. The maximum Gasteiger partial charge on any atom is 0.326 e. The monoisotopic (exact) mass is 339 g/mol. The first-order valence-corrected chi connectivity index (χ1v) is 8.41. The third kappa shape index (κ3) is 3.85. The molecule has 0 bridgehead atoms. The van der Waals surface area contributed by atoms with E-state index in [0.29, 0.717) is 12.8 Å². The zero-order valence-corrected chi connectivity index (χ0v) is 14.1. The van der Waals surface area contributed by atoms with Crippen molar-refractivity contribution in [3.63, 3.8) is 0 Å². The van der Waals surface area contributed by atoms with Crippen molar-refractivity contribution in [1.82, 2.24) is 15.5 Å². The molecule has 1 aliphatic carbocycles. The zero-order valence-electron chi connectivity index (χ0n) is 14.1. The average Bonchev–Trinajstić information content (AvgIpc) is 2.71. The van der Waals surface area contributed by atoms with Crippen molar-refractivity contribution in [2.75, 3.05) is 6.54 Å². The van der Waals surface area contributed by atoms with E-state index >= 15 is 0 Å². The molecule has 2 fully saturated rings. The summed E-state index contributed by atoms with van der Waals surface area (Å²) in [6, 6.07) is -1.60. The fourth-order valence-corrected chi connectivity index (χ4v) is 3.39. The van der Waals surface area contributed by atoms with Crippen molar-refractivity contribution in [2.45, 2.75) is 64.0 Å². The molecule has 0 aromatic rings. The molecule has 0 aromatic heterocycles. The fourth-order valence-electron chi connectivity index (χ4n) is 3.39. The van der Waals surface area contributed by atoms with Crippen molar-refractivity contribution in [2.24, 2.45) is 5.92 Å². The molecule has 0 aromatic carbocycles. The molecule has 24 heavy (non-hydrogen) atoms. The molecule has 8 heteroatoms. The number of imide groups is 1. The maximum atomic E-state index is 12.6. The molecule has 1 aliphatic heterocycles. The van der Waals surface area contributed by atoms with Gasteiger partial charge < -0.3 is 15.7 Å². The molecular weight excluding hydrogens is 314 g/mol. The van der Waals surface area contributed by atoms with E-state index in [2.05, 4.69) is 10.6 Å². The quantitative estimate of drug-likeness (QED) is 0.621. The molecule has 1 heterocycles. The molecule has 0 unspecified atom stereocenters. The Balaban J connectivity index is 1.99. The van der Waals surface area contributed by atoms with Crippen LogP contribution in [0.25, 0.3) is 0 Å². The van der Waals surface area contributed by atoms with Gasteiger partial charge >= 0.3 is 12.0 Å². The first-order chi connectivity index (χ1) is 11.2. The Labute approximate surface area is 141 Å². The summed E-state index contributed by atoms with van der Waals surface area (Å²) in [6.07, 6.45) is 4.21. The van der Waals surface area contributed by atoms with Crippen molar-refractivity contribution >= 4 is 23.8 Å². The van der Waals surface area contributed by atoms with Crippen LogP contribution in [0.3, 0.4) is 0 Å². The van der Waals surface area contributed by atoms with E-state index in [1.165, 1.54) is 0 Å². The lowest BCUT2D eigenvalue weighted by atomic mass is 9.82. The topological polar surface area (TPSA) is 116 Å². The predicted molar refractivity (Wildman–Crippen MR) is 85.1 cm³/mol. The first-order valence-electron chi connectivity index (χ1n) is 8.41. The van der Waals surface area contributed by atoms with Crippen LogP contribution in [0.2, 0.25) is 0 Å². The van der Waals surface area contributed by atoms with Gasteiger partial charge in [-0.3, -0.25) is 14.5 Å². The molecule has 8 nitrogen and oxygen atoms in total. The van der Waals surface area contributed by atoms with Gasteiger partial charge in [0.1, 0.15) is 18.1 Å². The number of rotatable bonds is 6. The Bertz CT molecular complexity index is 540. The lowest BCUT2D eigenvalue weighted by Crippen LogP contribution is -2.50. The molecule has 1 saturated heterocycles. The smallest absolute Gasteiger partial charge is 0.326 e. The van der Waals surface area contributed by atoms with Crippen LogP contribution in [0.1, 0.15) is 52.4 Å². The lowest BCUT2D eigenvalue weighted by Gasteiger charge is -2.30. The average molecular weight is 339 g/mol. The Hall–Kier alpha value is -2.12. The van der Waals surface area contributed by atoms with Crippen LogP contribution in [-0.4, -0.2) is 51.9 Å². The van der Waals surface area contributed by atoms with E-state index in [1.807, 2.05) is 13.8 Å². The minimum atomic E-state index is -1.13. The van der Waals surface area contributed by atoms with Crippen LogP contribution in [0.5, 0.6) is 0 Å². The minimum Gasteiger partial charge on any atom is -0.480 e. The molecule has 0 radical (unpaired) electrons. The summed E-state index contributed by atoms with van der Waals surface area (Å²) in [5.41, 5.74) is -0.875. The molecule has 2 aliphatic rings. The summed E-state index contributed by atoms with van der Waals surface area (Å²) in [5, 5.41) is 14.3. The first kappa shape index (κ1) is 18.2. The van der Waals surface area contributed by atoms with Gasteiger partial charge in [0, 0.05) is 0 Å². The molecule has 2 rings (SSSR count).